The number of allylic oxidation sites excluding steroid dienone is 4. The second-order valence-corrected chi connectivity index (χ2v) is 9.54. The van der Waals surface area contributed by atoms with Crippen LogP contribution in [0.2, 0.25) is 0 Å². The number of hydrogen-bond donors (Lipinski definition) is 0. The van der Waals surface area contributed by atoms with Gasteiger partial charge in [-0.25, -0.2) is 0 Å². The van der Waals surface area contributed by atoms with E-state index >= 15 is 0 Å². The first-order valence-corrected chi connectivity index (χ1v) is 12.3. The SMILES string of the molecule is C#CCOc1c(I)cc(C2C3=C(CCCC3=O)N(CCOC)C3=C2C(=O)CCC3)cc1OC. The Kier molecular flexibility index (Phi) is 7.45. The quantitative estimate of drug-likeness (QED) is 0.364. The molecule has 0 saturated heterocycles. The molecule has 3 aliphatic rings. The zero-order chi connectivity index (χ0) is 23.5. The number of carbonyl (C=O) groups is 2. The fourth-order valence-corrected chi connectivity index (χ4v) is 5.94. The van der Waals surface area contributed by atoms with E-state index in [4.69, 9.17) is 20.6 Å². The molecule has 2 aliphatic carbocycles. The molecular weight excluding hydrogens is 533 g/mol. The van der Waals surface area contributed by atoms with Gasteiger partial charge in [0.15, 0.2) is 23.1 Å². The van der Waals surface area contributed by atoms with E-state index < -0.39 is 5.92 Å². The van der Waals surface area contributed by atoms with Gasteiger partial charge in [-0.2, -0.15) is 0 Å². The Morgan fingerprint density at radius 2 is 1.70 bits per heavy atom. The molecule has 33 heavy (non-hydrogen) atoms. The lowest BCUT2D eigenvalue weighted by Crippen LogP contribution is -2.40. The van der Waals surface area contributed by atoms with E-state index in [0.29, 0.717) is 37.5 Å². The summed E-state index contributed by atoms with van der Waals surface area (Å²) in [7, 11) is 3.26. The summed E-state index contributed by atoms with van der Waals surface area (Å²) in [5.74, 6) is 3.45. The van der Waals surface area contributed by atoms with Crippen molar-refractivity contribution in [1.82, 2.24) is 4.90 Å². The number of rotatable bonds is 7. The van der Waals surface area contributed by atoms with Gasteiger partial charge in [0, 0.05) is 55.0 Å². The molecule has 174 valence electrons. The maximum absolute atomic E-state index is 13.3. The Balaban J connectivity index is 1.91. The van der Waals surface area contributed by atoms with Crippen LogP contribution in [-0.2, 0) is 14.3 Å². The summed E-state index contributed by atoms with van der Waals surface area (Å²) in [6.07, 6.45) is 9.67. The normalized spacial score (nSPS) is 18.8. The summed E-state index contributed by atoms with van der Waals surface area (Å²) >= 11 is 2.20. The predicted molar refractivity (Wildman–Crippen MR) is 133 cm³/mol. The number of carbonyl (C=O) groups excluding carboxylic acids is 2. The van der Waals surface area contributed by atoms with E-state index in [2.05, 4.69) is 33.4 Å². The van der Waals surface area contributed by atoms with Gasteiger partial charge in [0.1, 0.15) is 6.61 Å². The first-order chi connectivity index (χ1) is 16.0. The van der Waals surface area contributed by atoms with E-state index in [9.17, 15) is 9.59 Å². The van der Waals surface area contributed by atoms with Crippen LogP contribution in [0.15, 0.2) is 34.7 Å². The van der Waals surface area contributed by atoms with Crippen molar-refractivity contribution < 1.29 is 23.8 Å². The third-order valence-corrected chi connectivity index (χ3v) is 7.29. The molecule has 0 fully saturated rings. The molecule has 4 rings (SSSR count). The molecule has 6 nitrogen and oxygen atoms in total. The number of terminal acetylenes is 1. The zero-order valence-electron chi connectivity index (χ0n) is 19.0. The van der Waals surface area contributed by atoms with Crippen molar-refractivity contribution in [3.8, 4) is 23.8 Å². The van der Waals surface area contributed by atoms with Gasteiger partial charge in [0.25, 0.3) is 0 Å². The second kappa shape index (κ2) is 10.3. The number of nitrogens with zero attached hydrogens (tertiary/aromatic N) is 1. The summed E-state index contributed by atoms with van der Waals surface area (Å²) in [5.41, 5.74) is 4.47. The van der Waals surface area contributed by atoms with Gasteiger partial charge in [-0.3, -0.25) is 9.59 Å². The molecule has 0 bridgehead atoms. The highest BCUT2D eigenvalue weighted by Crippen LogP contribution is 2.50. The Morgan fingerprint density at radius 3 is 2.24 bits per heavy atom. The lowest BCUT2D eigenvalue weighted by Gasteiger charge is -2.44. The predicted octanol–water partition coefficient (Wildman–Crippen LogP) is 4.37. The van der Waals surface area contributed by atoms with Crippen molar-refractivity contribution >= 4 is 34.2 Å². The number of halogens is 1. The summed E-state index contributed by atoms with van der Waals surface area (Å²) in [6, 6.07) is 3.88. The number of ether oxygens (including phenoxy) is 3. The van der Waals surface area contributed by atoms with Crippen molar-refractivity contribution in [2.45, 2.75) is 44.4 Å². The van der Waals surface area contributed by atoms with E-state index in [1.54, 1.807) is 14.2 Å². The average Bonchev–Trinajstić information content (AvgIpc) is 2.81. The number of benzene rings is 1. The van der Waals surface area contributed by atoms with Crippen molar-refractivity contribution in [1.29, 1.82) is 0 Å². The molecular formula is C26H28INO5. The smallest absolute Gasteiger partial charge is 0.175 e. The van der Waals surface area contributed by atoms with Crippen LogP contribution in [0.25, 0.3) is 0 Å². The Morgan fingerprint density at radius 1 is 1.06 bits per heavy atom. The molecule has 0 saturated carbocycles. The third-order valence-electron chi connectivity index (χ3n) is 6.49. The van der Waals surface area contributed by atoms with E-state index in [-0.39, 0.29) is 18.2 Å². The lowest BCUT2D eigenvalue weighted by atomic mass is 9.71. The zero-order valence-corrected chi connectivity index (χ0v) is 21.2. The van der Waals surface area contributed by atoms with Gasteiger partial charge in [-0.05, 0) is 66.0 Å². The maximum Gasteiger partial charge on any atom is 0.175 e. The molecule has 1 heterocycles. The van der Waals surface area contributed by atoms with Crippen LogP contribution in [0, 0.1) is 15.9 Å². The molecule has 1 aromatic carbocycles. The lowest BCUT2D eigenvalue weighted by molar-refractivity contribution is -0.117. The highest BCUT2D eigenvalue weighted by Gasteiger charge is 2.43. The van der Waals surface area contributed by atoms with Crippen LogP contribution < -0.4 is 9.47 Å². The van der Waals surface area contributed by atoms with E-state index in [1.165, 1.54) is 0 Å². The first kappa shape index (κ1) is 23.8. The van der Waals surface area contributed by atoms with Gasteiger partial charge in [-0.15, -0.1) is 6.42 Å². The highest BCUT2D eigenvalue weighted by molar-refractivity contribution is 14.1. The minimum Gasteiger partial charge on any atom is -0.493 e. The van der Waals surface area contributed by atoms with Gasteiger partial charge in [-0.1, -0.05) is 5.92 Å². The monoisotopic (exact) mass is 561 g/mol. The molecule has 1 aliphatic heterocycles. The van der Waals surface area contributed by atoms with Crippen LogP contribution in [-0.4, -0.2) is 50.4 Å². The van der Waals surface area contributed by atoms with Crippen LogP contribution in [0.1, 0.15) is 50.0 Å². The topological polar surface area (TPSA) is 65.1 Å². The van der Waals surface area contributed by atoms with Crippen molar-refractivity contribution in [2.75, 3.05) is 34.0 Å². The van der Waals surface area contributed by atoms with Crippen molar-refractivity contribution in [3.05, 3.63) is 43.8 Å². The standard InChI is InChI=1S/C26H28INO5/c1-4-12-33-26-17(27)14-16(15-22(26)32-3)23-24-18(7-5-9-20(24)29)28(11-13-31-2)19-8-6-10-21(30)25(19)23/h1,14-15,23H,5-13H2,2-3H3. The Hall–Kier alpha value is -2.31. The molecule has 0 radical (unpaired) electrons. The molecule has 0 amide bonds. The average molecular weight is 561 g/mol. The van der Waals surface area contributed by atoms with Gasteiger partial charge in [0.2, 0.25) is 0 Å². The molecule has 0 N–H and O–H groups in total. The molecule has 7 heteroatoms. The number of methoxy groups -OCH3 is 2. The minimum atomic E-state index is -0.390. The van der Waals surface area contributed by atoms with Gasteiger partial charge in [0.05, 0.1) is 17.3 Å². The molecule has 0 spiro atoms. The van der Waals surface area contributed by atoms with Crippen molar-refractivity contribution in [2.24, 2.45) is 0 Å². The largest absolute Gasteiger partial charge is 0.493 e. The maximum atomic E-state index is 13.3. The van der Waals surface area contributed by atoms with Crippen LogP contribution in [0.5, 0.6) is 11.5 Å². The molecule has 0 unspecified atom stereocenters. The second-order valence-electron chi connectivity index (χ2n) is 8.38. The fourth-order valence-electron chi connectivity index (χ4n) is 5.16. The van der Waals surface area contributed by atoms with Crippen LogP contribution in [0.3, 0.4) is 0 Å². The third kappa shape index (κ3) is 4.43. The van der Waals surface area contributed by atoms with Crippen LogP contribution >= 0.6 is 22.6 Å². The molecule has 0 aromatic heterocycles. The van der Waals surface area contributed by atoms with Crippen molar-refractivity contribution in [3.63, 3.8) is 0 Å². The number of ketones is 2. The number of hydrogen-bond acceptors (Lipinski definition) is 6. The summed E-state index contributed by atoms with van der Waals surface area (Å²) < 4.78 is 17.5. The van der Waals surface area contributed by atoms with E-state index in [1.807, 2.05) is 12.1 Å². The summed E-state index contributed by atoms with van der Waals surface area (Å²) in [6.45, 7) is 1.31. The molecule has 0 atom stereocenters. The summed E-state index contributed by atoms with van der Waals surface area (Å²) in [4.78, 5) is 28.9. The molecule has 1 aromatic rings. The van der Waals surface area contributed by atoms with E-state index in [0.717, 1.165) is 57.4 Å². The van der Waals surface area contributed by atoms with Crippen LogP contribution in [0.4, 0.5) is 0 Å². The Bertz CT molecular complexity index is 1040. The first-order valence-electron chi connectivity index (χ1n) is 11.2. The number of Topliss-reactive ketones (excluding diaryl/α,β-unsaturated/α-hetero) is 2. The van der Waals surface area contributed by atoms with Gasteiger partial charge >= 0.3 is 0 Å². The Labute approximate surface area is 208 Å². The highest BCUT2D eigenvalue weighted by atomic mass is 127. The van der Waals surface area contributed by atoms with Gasteiger partial charge < -0.3 is 19.1 Å². The fraction of sp³-hybridized carbons (Fsp3) is 0.462. The summed E-state index contributed by atoms with van der Waals surface area (Å²) in [5, 5.41) is 0. The minimum absolute atomic E-state index is 0.121.